The second kappa shape index (κ2) is 7.92. The first-order chi connectivity index (χ1) is 15.1. The number of rotatable bonds is 3. The Bertz CT molecular complexity index is 1190. The highest BCUT2D eigenvalue weighted by Crippen LogP contribution is 2.30. The standard InChI is InChI=1S/C22H22N6O3/c1-27-8-9-28-19(29)11-17(16-5-7-23-13-24-16)25-21(28)18(12-27)26-22(30)15-4-2-3-14-6-10-31-20(14)15/h2-5,7,11,13,18H,6,8-10,12H2,1H3,(H,26,30). The summed E-state index contributed by atoms with van der Waals surface area (Å²) in [6, 6.07) is 8.33. The first kappa shape index (κ1) is 19.4. The Morgan fingerprint density at radius 1 is 1.23 bits per heavy atom. The molecule has 1 unspecified atom stereocenters. The summed E-state index contributed by atoms with van der Waals surface area (Å²) in [6.45, 7) is 2.28. The van der Waals surface area contributed by atoms with Gasteiger partial charge in [0.1, 0.15) is 23.9 Å². The zero-order valence-electron chi connectivity index (χ0n) is 17.1. The van der Waals surface area contributed by atoms with Crippen LogP contribution in [0.3, 0.4) is 0 Å². The third-order valence-electron chi connectivity index (χ3n) is 5.66. The molecule has 1 aromatic carbocycles. The summed E-state index contributed by atoms with van der Waals surface area (Å²) in [5.41, 5.74) is 2.39. The molecule has 2 aliphatic rings. The Labute approximate surface area is 178 Å². The Morgan fingerprint density at radius 3 is 2.97 bits per heavy atom. The number of aromatic nitrogens is 4. The van der Waals surface area contributed by atoms with Crippen molar-refractivity contribution in [1.29, 1.82) is 0 Å². The highest BCUT2D eigenvalue weighted by molar-refractivity contribution is 5.97. The number of hydrogen-bond acceptors (Lipinski definition) is 7. The minimum absolute atomic E-state index is 0.169. The minimum Gasteiger partial charge on any atom is -0.492 e. The number of carbonyl (C=O) groups excluding carboxylic acids is 1. The molecule has 0 saturated carbocycles. The number of carbonyl (C=O) groups is 1. The number of amides is 1. The second-order valence-electron chi connectivity index (χ2n) is 7.76. The van der Waals surface area contributed by atoms with Crippen LogP contribution in [-0.2, 0) is 13.0 Å². The van der Waals surface area contributed by atoms with Crippen LogP contribution in [0, 0.1) is 0 Å². The predicted octanol–water partition coefficient (Wildman–Crippen LogP) is 1.05. The van der Waals surface area contributed by atoms with Gasteiger partial charge in [0.15, 0.2) is 0 Å². The molecule has 9 nitrogen and oxygen atoms in total. The van der Waals surface area contributed by atoms with Crippen molar-refractivity contribution >= 4 is 5.91 Å². The van der Waals surface area contributed by atoms with Gasteiger partial charge in [0.2, 0.25) is 0 Å². The molecule has 0 aliphatic carbocycles. The Balaban J connectivity index is 1.54. The normalized spacial score (nSPS) is 17.9. The highest BCUT2D eigenvalue weighted by Gasteiger charge is 2.28. The number of hydrogen-bond donors (Lipinski definition) is 1. The van der Waals surface area contributed by atoms with Crippen molar-refractivity contribution < 1.29 is 9.53 Å². The lowest BCUT2D eigenvalue weighted by Gasteiger charge is -2.22. The number of para-hydroxylation sites is 1. The van der Waals surface area contributed by atoms with Gasteiger partial charge in [0.05, 0.1) is 23.6 Å². The van der Waals surface area contributed by atoms with Crippen molar-refractivity contribution in [2.75, 3.05) is 26.7 Å². The van der Waals surface area contributed by atoms with Crippen LogP contribution >= 0.6 is 0 Å². The van der Waals surface area contributed by atoms with E-state index in [0.717, 1.165) is 12.0 Å². The van der Waals surface area contributed by atoms with E-state index in [1.165, 1.54) is 12.4 Å². The second-order valence-corrected chi connectivity index (χ2v) is 7.76. The van der Waals surface area contributed by atoms with E-state index in [0.29, 0.717) is 54.8 Å². The third kappa shape index (κ3) is 3.68. The van der Waals surface area contributed by atoms with Crippen LogP contribution in [0.5, 0.6) is 5.75 Å². The van der Waals surface area contributed by atoms with E-state index >= 15 is 0 Å². The lowest BCUT2D eigenvalue weighted by molar-refractivity contribution is 0.0924. The summed E-state index contributed by atoms with van der Waals surface area (Å²) < 4.78 is 7.32. The molecule has 0 bridgehead atoms. The molecule has 1 amide bonds. The first-order valence-corrected chi connectivity index (χ1v) is 10.2. The van der Waals surface area contributed by atoms with E-state index < -0.39 is 6.04 Å². The van der Waals surface area contributed by atoms with E-state index in [4.69, 9.17) is 9.72 Å². The monoisotopic (exact) mass is 418 g/mol. The van der Waals surface area contributed by atoms with E-state index in [-0.39, 0.29) is 11.5 Å². The van der Waals surface area contributed by atoms with Crippen molar-refractivity contribution in [3.8, 4) is 17.1 Å². The van der Waals surface area contributed by atoms with E-state index in [1.54, 1.807) is 22.9 Å². The van der Waals surface area contributed by atoms with E-state index in [2.05, 4.69) is 20.2 Å². The molecular formula is C22H22N6O3. The van der Waals surface area contributed by atoms with Crippen molar-refractivity contribution in [3.63, 3.8) is 0 Å². The maximum Gasteiger partial charge on any atom is 0.255 e. The Hall–Kier alpha value is -3.59. The fourth-order valence-electron chi connectivity index (χ4n) is 4.08. The van der Waals surface area contributed by atoms with Gasteiger partial charge in [0, 0.05) is 38.3 Å². The average molecular weight is 418 g/mol. The van der Waals surface area contributed by atoms with Crippen LogP contribution in [0.1, 0.15) is 27.8 Å². The molecule has 0 saturated heterocycles. The molecule has 5 rings (SSSR count). The van der Waals surface area contributed by atoms with Crippen LogP contribution in [0.2, 0.25) is 0 Å². The fourth-order valence-corrected chi connectivity index (χ4v) is 4.08. The molecule has 9 heteroatoms. The first-order valence-electron chi connectivity index (χ1n) is 10.2. The predicted molar refractivity (Wildman–Crippen MR) is 113 cm³/mol. The molecule has 0 radical (unpaired) electrons. The van der Waals surface area contributed by atoms with Gasteiger partial charge in [-0.1, -0.05) is 12.1 Å². The van der Waals surface area contributed by atoms with Gasteiger partial charge in [0.25, 0.3) is 11.5 Å². The van der Waals surface area contributed by atoms with Crippen LogP contribution < -0.4 is 15.6 Å². The molecular weight excluding hydrogens is 396 g/mol. The van der Waals surface area contributed by atoms with E-state index in [1.807, 2.05) is 19.2 Å². The Kier molecular flexibility index (Phi) is 4.95. The number of nitrogens with zero attached hydrogens (tertiary/aromatic N) is 5. The smallest absolute Gasteiger partial charge is 0.255 e. The quantitative estimate of drug-likeness (QED) is 0.678. The van der Waals surface area contributed by atoms with Crippen LogP contribution in [0.15, 0.2) is 47.7 Å². The molecule has 3 aromatic rings. The number of likely N-dealkylation sites (N-methyl/N-ethyl adjacent to an activating group) is 1. The average Bonchev–Trinajstić information content (AvgIpc) is 3.20. The third-order valence-corrected chi connectivity index (χ3v) is 5.66. The van der Waals surface area contributed by atoms with E-state index in [9.17, 15) is 9.59 Å². The van der Waals surface area contributed by atoms with Crippen molar-refractivity contribution in [2.45, 2.75) is 19.0 Å². The zero-order chi connectivity index (χ0) is 21.4. The van der Waals surface area contributed by atoms with Crippen molar-refractivity contribution in [1.82, 2.24) is 29.7 Å². The molecule has 4 heterocycles. The lowest BCUT2D eigenvalue weighted by Crippen LogP contribution is -2.37. The number of nitrogens with one attached hydrogen (secondary N) is 1. The molecule has 2 aliphatic heterocycles. The van der Waals surface area contributed by atoms with Gasteiger partial charge in [-0.2, -0.15) is 0 Å². The molecule has 0 fully saturated rings. The molecule has 31 heavy (non-hydrogen) atoms. The number of fused-ring (bicyclic) bond motifs is 2. The van der Waals surface area contributed by atoms with Gasteiger partial charge in [-0.3, -0.25) is 14.2 Å². The van der Waals surface area contributed by atoms with Gasteiger partial charge in [-0.25, -0.2) is 15.0 Å². The van der Waals surface area contributed by atoms with Gasteiger partial charge < -0.3 is 15.0 Å². The fraction of sp³-hybridized carbons (Fsp3) is 0.318. The van der Waals surface area contributed by atoms with Gasteiger partial charge >= 0.3 is 0 Å². The summed E-state index contributed by atoms with van der Waals surface area (Å²) in [5.74, 6) is 0.918. The zero-order valence-corrected chi connectivity index (χ0v) is 17.1. The van der Waals surface area contributed by atoms with Crippen LogP contribution in [-0.4, -0.2) is 57.1 Å². The molecule has 158 valence electrons. The number of benzene rings is 1. The number of ether oxygens (including phenoxy) is 1. The van der Waals surface area contributed by atoms with Gasteiger partial charge in [-0.05, 0) is 24.7 Å². The molecule has 2 aromatic heterocycles. The van der Waals surface area contributed by atoms with Crippen LogP contribution in [0.4, 0.5) is 0 Å². The largest absolute Gasteiger partial charge is 0.492 e. The van der Waals surface area contributed by atoms with Crippen molar-refractivity contribution in [2.24, 2.45) is 0 Å². The lowest BCUT2D eigenvalue weighted by atomic mass is 10.1. The Morgan fingerprint density at radius 2 is 2.13 bits per heavy atom. The molecule has 0 spiro atoms. The minimum atomic E-state index is -0.466. The maximum atomic E-state index is 13.2. The topological polar surface area (TPSA) is 102 Å². The summed E-state index contributed by atoms with van der Waals surface area (Å²) in [6.07, 6.45) is 3.82. The molecule has 1 N–H and O–H groups in total. The van der Waals surface area contributed by atoms with Crippen molar-refractivity contribution in [3.05, 3.63) is 70.2 Å². The summed E-state index contributed by atoms with van der Waals surface area (Å²) >= 11 is 0. The summed E-state index contributed by atoms with van der Waals surface area (Å²) in [7, 11) is 1.96. The van der Waals surface area contributed by atoms with Crippen LogP contribution in [0.25, 0.3) is 11.4 Å². The highest BCUT2D eigenvalue weighted by atomic mass is 16.5. The molecule has 1 atom stereocenters. The summed E-state index contributed by atoms with van der Waals surface area (Å²) in [5, 5.41) is 3.08. The van der Waals surface area contributed by atoms with Gasteiger partial charge in [-0.15, -0.1) is 0 Å². The summed E-state index contributed by atoms with van der Waals surface area (Å²) in [4.78, 5) is 41.1. The maximum absolute atomic E-state index is 13.2. The SMILES string of the molecule is CN1CCn2c(nc(-c3ccncn3)cc2=O)C(NC(=O)c2cccc3c2OCC3)C1.